The molecule has 1 aliphatic carbocycles. The van der Waals surface area contributed by atoms with E-state index in [0.717, 1.165) is 43.5 Å². The second-order valence-corrected chi connectivity index (χ2v) is 8.64. The van der Waals surface area contributed by atoms with Crippen LogP contribution in [-0.4, -0.2) is 42.7 Å². The first-order valence-corrected chi connectivity index (χ1v) is 10.7. The fraction of sp³-hybridized carbons (Fsp3) is 0.478. The molecule has 2 aromatic rings. The molecule has 1 saturated heterocycles. The van der Waals surface area contributed by atoms with Crippen molar-refractivity contribution in [2.75, 3.05) is 19.6 Å². The number of rotatable bonds is 6. The zero-order valence-electron chi connectivity index (χ0n) is 16.4. The van der Waals surface area contributed by atoms with Gasteiger partial charge in [-0.1, -0.05) is 48.5 Å². The standard InChI is InChI=1S/C23H29BN2O2/c27-24-22-8-4-7-19(21(22)16-28-24)15-26-11-9-17(10-12-26)14-25-23-13-20(23)18-5-2-1-3-6-18/h1-8,17,20,23,25,27H,9-16H2. The molecular formula is C23H29BN2O2. The molecule has 1 saturated carbocycles. The molecule has 2 aliphatic heterocycles. The van der Waals surface area contributed by atoms with E-state index in [2.05, 4.69) is 46.6 Å². The van der Waals surface area contributed by atoms with Crippen LogP contribution >= 0.6 is 0 Å². The summed E-state index contributed by atoms with van der Waals surface area (Å²) in [6.45, 7) is 4.98. The van der Waals surface area contributed by atoms with Crippen molar-refractivity contribution >= 4 is 12.6 Å². The van der Waals surface area contributed by atoms with Crippen molar-refractivity contribution in [2.24, 2.45) is 5.92 Å². The average molecular weight is 376 g/mol. The van der Waals surface area contributed by atoms with Crippen LogP contribution in [0.15, 0.2) is 48.5 Å². The van der Waals surface area contributed by atoms with Crippen LogP contribution in [0.5, 0.6) is 0 Å². The van der Waals surface area contributed by atoms with Gasteiger partial charge in [0, 0.05) is 18.5 Å². The summed E-state index contributed by atoms with van der Waals surface area (Å²) in [6, 6.07) is 17.8. The molecule has 2 fully saturated rings. The highest BCUT2D eigenvalue weighted by atomic mass is 16.5. The zero-order chi connectivity index (χ0) is 18.9. The Labute approximate surface area is 168 Å². The Morgan fingerprint density at radius 1 is 1.07 bits per heavy atom. The van der Waals surface area contributed by atoms with Crippen LogP contribution in [0.3, 0.4) is 0 Å². The molecule has 0 spiro atoms. The summed E-state index contributed by atoms with van der Waals surface area (Å²) in [5, 5.41) is 13.7. The molecule has 3 aliphatic rings. The minimum Gasteiger partial charge on any atom is -0.423 e. The fourth-order valence-electron chi connectivity index (χ4n) is 4.86. The van der Waals surface area contributed by atoms with Gasteiger partial charge >= 0.3 is 7.12 Å². The Hall–Kier alpha value is -1.66. The predicted molar refractivity (Wildman–Crippen MR) is 112 cm³/mol. The Balaban J connectivity index is 1.08. The van der Waals surface area contributed by atoms with Crippen LogP contribution in [0.2, 0.25) is 0 Å². The van der Waals surface area contributed by atoms with Crippen LogP contribution in [-0.2, 0) is 17.8 Å². The molecule has 5 rings (SSSR count). The van der Waals surface area contributed by atoms with Gasteiger partial charge in [0.2, 0.25) is 0 Å². The van der Waals surface area contributed by atoms with Crippen molar-refractivity contribution in [3.63, 3.8) is 0 Å². The van der Waals surface area contributed by atoms with Gasteiger partial charge in [-0.2, -0.15) is 0 Å². The Kier molecular flexibility index (Phi) is 5.25. The molecule has 5 heteroatoms. The van der Waals surface area contributed by atoms with Gasteiger partial charge in [-0.25, -0.2) is 0 Å². The number of piperidine rings is 1. The van der Waals surface area contributed by atoms with Gasteiger partial charge in [-0.3, -0.25) is 4.90 Å². The molecule has 28 heavy (non-hydrogen) atoms. The lowest BCUT2D eigenvalue weighted by Crippen LogP contribution is -2.38. The number of hydrogen-bond donors (Lipinski definition) is 2. The third kappa shape index (κ3) is 3.90. The smallest absolute Gasteiger partial charge is 0.423 e. The number of nitrogens with zero attached hydrogens (tertiary/aromatic N) is 1. The molecule has 0 amide bonds. The van der Waals surface area contributed by atoms with E-state index < -0.39 is 7.12 Å². The Morgan fingerprint density at radius 3 is 2.71 bits per heavy atom. The monoisotopic (exact) mass is 376 g/mol. The molecular weight excluding hydrogens is 347 g/mol. The molecule has 0 aromatic heterocycles. The SMILES string of the molecule is OB1OCc2c(CN3CCC(CNC4CC4c4ccccc4)CC3)cccc21. The van der Waals surface area contributed by atoms with E-state index in [9.17, 15) is 5.02 Å². The van der Waals surface area contributed by atoms with Crippen LogP contribution in [0.4, 0.5) is 0 Å². The summed E-state index contributed by atoms with van der Waals surface area (Å²) in [4.78, 5) is 2.56. The number of benzene rings is 2. The molecule has 2 N–H and O–H groups in total. The molecule has 4 nitrogen and oxygen atoms in total. The van der Waals surface area contributed by atoms with Gasteiger partial charge in [0.1, 0.15) is 0 Å². The van der Waals surface area contributed by atoms with Crippen molar-refractivity contribution in [3.05, 3.63) is 65.2 Å². The number of fused-ring (bicyclic) bond motifs is 1. The second kappa shape index (κ2) is 8.00. The highest BCUT2D eigenvalue weighted by molar-refractivity contribution is 6.61. The van der Waals surface area contributed by atoms with E-state index >= 15 is 0 Å². The number of hydrogen-bond acceptors (Lipinski definition) is 4. The van der Waals surface area contributed by atoms with Crippen LogP contribution < -0.4 is 10.8 Å². The first-order valence-electron chi connectivity index (χ1n) is 10.7. The topological polar surface area (TPSA) is 44.7 Å². The number of likely N-dealkylation sites (tertiary alicyclic amines) is 1. The third-order valence-corrected chi connectivity index (χ3v) is 6.75. The van der Waals surface area contributed by atoms with Crippen LogP contribution in [0.1, 0.15) is 41.9 Å². The molecule has 2 atom stereocenters. The summed E-state index contributed by atoms with van der Waals surface area (Å²) >= 11 is 0. The van der Waals surface area contributed by atoms with Crippen molar-refractivity contribution in [3.8, 4) is 0 Å². The molecule has 146 valence electrons. The normalized spacial score (nSPS) is 25.1. The van der Waals surface area contributed by atoms with Crippen LogP contribution in [0, 0.1) is 5.92 Å². The van der Waals surface area contributed by atoms with Gasteiger partial charge in [0.15, 0.2) is 0 Å². The maximum Gasteiger partial charge on any atom is 0.491 e. The third-order valence-electron chi connectivity index (χ3n) is 6.75. The quantitative estimate of drug-likeness (QED) is 0.760. The predicted octanol–water partition coefficient (Wildman–Crippen LogP) is 2.26. The largest absolute Gasteiger partial charge is 0.491 e. The highest BCUT2D eigenvalue weighted by Crippen LogP contribution is 2.40. The van der Waals surface area contributed by atoms with Crippen molar-refractivity contribution in [1.82, 2.24) is 10.2 Å². The molecule has 0 bridgehead atoms. The lowest BCUT2D eigenvalue weighted by atomic mass is 9.78. The van der Waals surface area contributed by atoms with E-state index in [1.54, 1.807) is 0 Å². The van der Waals surface area contributed by atoms with E-state index in [0.29, 0.717) is 12.6 Å². The maximum atomic E-state index is 9.90. The molecule has 2 unspecified atom stereocenters. The molecule has 0 radical (unpaired) electrons. The van der Waals surface area contributed by atoms with Gasteiger partial charge in [0.25, 0.3) is 0 Å². The first-order chi connectivity index (χ1) is 13.8. The number of nitrogens with one attached hydrogen (secondary N) is 1. The summed E-state index contributed by atoms with van der Waals surface area (Å²) in [7, 11) is -0.742. The van der Waals surface area contributed by atoms with Crippen LogP contribution in [0.25, 0.3) is 0 Å². The van der Waals surface area contributed by atoms with Gasteiger partial charge in [-0.05, 0) is 67.0 Å². The van der Waals surface area contributed by atoms with Gasteiger partial charge in [0.05, 0.1) is 6.61 Å². The van der Waals surface area contributed by atoms with Gasteiger partial charge in [-0.15, -0.1) is 0 Å². The summed E-state index contributed by atoms with van der Waals surface area (Å²) in [5.41, 5.74) is 4.95. The maximum absolute atomic E-state index is 9.90. The van der Waals surface area contributed by atoms with E-state index in [-0.39, 0.29) is 0 Å². The highest BCUT2D eigenvalue weighted by Gasteiger charge is 2.38. The van der Waals surface area contributed by atoms with E-state index in [1.165, 1.54) is 36.0 Å². The second-order valence-electron chi connectivity index (χ2n) is 8.64. The summed E-state index contributed by atoms with van der Waals surface area (Å²) < 4.78 is 5.40. The molecule has 2 aromatic carbocycles. The van der Waals surface area contributed by atoms with E-state index in [1.807, 2.05) is 12.1 Å². The Bertz CT molecular complexity index is 808. The lowest BCUT2D eigenvalue weighted by molar-refractivity contribution is 0.174. The summed E-state index contributed by atoms with van der Waals surface area (Å²) in [5.74, 6) is 1.51. The lowest BCUT2D eigenvalue weighted by Gasteiger charge is -2.32. The van der Waals surface area contributed by atoms with E-state index in [4.69, 9.17) is 4.65 Å². The van der Waals surface area contributed by atoms with Crippen molar-refractivity contribution in [2.45, 2.75) is 44.4 Å². The Morgan fingerprint density at radius 2 is 1.89 bits per heavy atom. The fourth-order valence-corrected chi connectivity index (χ4v) is 4.86. The van der Waals surface area contributed by atoms with Gasteiger partial charge < -0.3 is 15.0 Å². The molecule has 2 heterocycles. The zero-order valence-corrected chi connectivity index (χ0v) is 16.4. The minimum absolute atomic E-state index is 0.539. The van der Waals surface area contributed by atoms with Crippen molar-refractivity contribution in [1.29, 1.82) is 0 Å². The first kappa shape index (κ1) is 18.4. The minimum atomic E-state index is -0.742. The van der Waals surface area contributed by atoms with Crippen molar-refractivity contribution < 1.29 is 9.68 Å². The summed E-state index contributed by atoms with van der Waals surface area (Å²) in [6.07, 6.45) is 3.82. The average Bonchev–Trinajstić information content (AvgIpc) is 3.43.